The van der Waals surface area contributed by atoms with Gasteiger partial charge in [0.2, 0.25) is 34.8 Å². The zero-order chi connectivity index (χ0) is 17.6. The van der Waals surface area contributed by atoms with Crippen LogP contribution in [0.25, 0.3) is 0 Å². The van der Waals surface area contributed by atoms with Gasteiger partial charge in [-0.15, -0.1) is 0 Å². The van der Waals surface area contributed by atoms with Crippen LogP contribution in [0.4, 0.5) is 22.0 Å². The molecule has 0 saturated carbocycles. The van der Waals surface area contributed by atoms with Crippen LogP contribution in [0.15, 0.2) is 0 Å². The number of halogens is 5. The summed E-state index contributed by atoms with van der Waals surface area (Å²) >= 11 is 0. The number of benzene rings is 1. The van der Waals surface area contributed by atoms with Gasteiger partial charge in [-0.05, 0) is 12.8 Å². The Morgan fingerprint density at radius 2 is 1.17 bits per heavy atom. The van der Waals surface area contributed by atoms with Crippen molar-refractivity contribution >= 4 is 11.9 Å². The van der Waals surface area contributed by atoms with Crippen LogP contribution in [0.3, 0.4) is 0 Å². The first kappa shape index (κ1) is 18.9. The topological polar surface area (TPSA) is 52.6 Å². The molecule has 0 aromatic heterocycles. The molecule has 0 N–H and O–H groups in total. The van der Waals surface area contributed by atoms with Crippen LogP contribution in [0, 0.1) is 29.1 Å². The first-order valence-corrected chi connectivity index (χ1v) is 6.58. The quantitative estimate of drug-likeness (QED) is 0.191. The molecule has 0 fully saturated rings. The molecule has 0 aliphatic carbocycles. The Morgan fingerprint density at radius 1 is 0.739 bits per heavy atom. The number of hydrogen-bond donors (Lipinski definition) is 0. The third kappa shape index (κ3) is 4.90. The maximum atomic E-state index is 13.3. The normalized spacial score (nSPS) is 10.5. The van der Waals surface area contributed by atoms with Crippen LogP contribution in [-0.4, -0.2) is 19.0 Å². The van der Waals surface area contributed by atoms with E-state index < -0.39 is 46.8 Å². The maximum Gasteiger partial charge on any atom is 0.311 e. The molecule has 9 heteroatoms. The molecule has 0 spiro atoms. The summed E-state index contributed by atoms with van der Waals surface area (Å²) in [6.45, 7) is 0. The van der Waals surface area contributed by atoms with E-state index in [1.807, 2.05) is 0 Å². The van der Waals surface area contributed by atoms with Gasteiger partial charge < -0.3 is 9.47 Å². The van der Waals surface area contributed by atoms with Gasteiger partial charge in [-0.2, -0.15) is 8.78 Å². The van der Waals surface area contributed by atoms with Crippen LogP contribution in [0.5, 0.6) is 5.75 Å². The number of rotatable bonds is 7. The molecule has 0 saturated heterocycles. The first-order chi connectivity index (χ1) is 10.8. The molecule has 1 aromatic carbocycles. The van der Waals surface area contributed by atoms with Crippen LogP contribution in [0.2, 0.25) is 0 Å². The molecule has 0 heterocycles. The summed E-state index contributed by atoms with van der Waals surface area (Å²) in [5.41, 5.74) is 0. The van der Waals surface area contributed by atoms with Crippen molar-refractivity contribution < 1.29 is 41.0 Å². The van der Waals surface area contributed by atoms with E-state index in [0.29, 0.717) is 12.8 Å². The second-order valence-electron chi connectivity index (χ2n) is 4.51. The van der Waals surface area contributed by atoms with Gasteiger partial charge in [0.15, 0.2) is 0 Å². The Hall–Kier alpha value is -2.19. The summed E-state index contributed by atoms with van der Waals surface area (Å²) < 4.78 is 73.8. The van der Waals surface area contributed by atoms with Gasteiger partial charge in [-0.25, -0.2) is 13.2 Å². The maximum absolute atomic E-state index is 13.3. The number of unbranched alkanes of at least 4 members (excludes halogenated alkanes) is 2. The second-order valence-corrected chi connectivity index (χ2v) is 4.51. The van der Waals surface area contributed by atoms with E-state index in [9.17, 15) is 31.5 Å². The molecule has 1 rings (SSSR count). The lowest BCUT2D eigenvalue weighted by Gasteiger charge is -2.08. The average Bonchev–Trinajstić information content (AvgIpc) is 2.54. The van der Waals surface area contributed by atoms with Crippen molar-refractivity contribution in [2.45, 2.75) is 32.1 Å². The largest absolute Gasteiger partial charge is 0.469 e. The Bertz CT molecular complexity index is 574. The first-order valence-electron chi connectivity index (χ1n) is 6.58. The summed E-state index contributed by atoms with van der Waals surface area (Å²) in [7, 11) is 1.23. The standard InChI is InChI=1S/C14H13F5O4/c1-22-7(20)5-3-2-4-6-8(21)23-14-12(18)10(16)9(15)11(17)13(14)19/h2-6H2,1H3. The lowest BCUT2D eigenvalue weighted by molar-refractivity contribution is -0.140. The van der Waals surface area contributed by atoms with Crippen molar-refractivity contribution in [3.8, 4) is 5.75 Å². The zero-order valence-corrected chi connectivity index (χ0v) is 12.1. The number of carbonyl (C=O) groups excluding carboxylic acids is 2. The smallest absolute Gasteiger partial charge is 0.311 e. The van der Waals surface area contributed by atoms with Gasteiger partial charge in [0.1, 0.15) is 0 Å². The Balaban J connectivity index is 2.57. The highest BCUT2D eigenvalue weighted by Crippen LogP contribution is 2.29. The SMILES string of the molecule is COC(=O)CCCCCC(=O)Oc1c(F)c(F)c(F)c(F)c1F. The molecule has 4 nitrogen and oxygen atoms in total. The van der Waals surface area contributed by atoms with Crippen molar-refractivity contribution in [2.24, 2.45) is 0 Å². The third-order valence-corrected chi connectivity index (χ3v) is 2.87. The molecular weight excluding hydrogens is 327 g/mol. The fourth-order valence-corrected chi connectivity index (χ4v) is 1.66. The molecule has 0 unspecified atom stereocenters. The van der Waals surface area contributed by atoms with Crippen LogP contribution >= 0.6 is 0 Å². The van der Waals surface area contributed by atoms with Gasteiger partial charge in [0, 0.05) is 12.8 Å². The number of hydrogen-bond acceptors (Lipinski definition) is 4. The van der Waals surface area contributed by atoms with Crippen LogP contribution < -0.4 is 4.74 Å². The van der Waals surface area contributed by atoms with Crippen molar-refractivity contribution in [1.29, 1.82) is 0 Å². The van der Waals surface area contributed by atoms with E-state index in [-0.39, 0.29) is 19.3 Å². The summed E-state index contributed by atoms with van der Waals surface area (Å²) in [6.07, 6.45) is 0.888. The molecule has 1 aromatic rings. The van der Waals surface area contributed by atoms with Crippen molar-refractivity contribution in [2.75, 3.05) is 7.11 Å². The highest BCUT2D eigenvalue weighted by Gasteiger charge is 2.28. The van der Waals surface area contributed by atoms with Gasteiger partial charge in [-0.3, -0.25) is 9.59 Å². The highest BCUT2D eigenvalue weighted by molar-refractivity contribution is 5.72. The predicted molar refractivity (Wildman–Crippen MR) is 67.0 cm³/mol. The lowest BCUT2D eigenvalue weighted by atomic mass is 10.1. The molecule has 128 valence electrons. The number of carbonyl (C=O) groups is 2. The van der Waals surface area contributed by atoms with E-state index in [0.717, 1.165) is 0 Å². The predicted octanol–water partition coefficient (Wildman–Crippen LogP) is 3.41. The highest BCUT2D eigenvalue weighted by atomic mass is 19.2. The average molecular weight is 340 g/mol. The third-order valence-electron chi connectivity index (χ3n) is 2.87. The Morgan fingerprint density at radius 3 is 1.65 bits per heavy atom. The Labute approximate surface area is 128 Å². The molecule has 0 amide bonds. The van der Waals surface area contributed by atoms with Crippen LogP contribution in [-0.2, 0) is 14.3 Å². The summed E-state index contributed by atoms with van der Waals surface area (Å²) in [6, 6.07) is 0. The molecule has 0 radical (unpaired) electrons. The summed E-state index contributed by atoms with van der Waals surface area (Å²) in [5, 5.41) is 0. The van der Waals surface area contributed by atoms with Gasteiger partial charge in [0.05, 0.1) is 7.11 Å². The minimum Gasteiger partial charge on any atom is -0.469 e. The van der Waals surface area contributed by atoms with E-state index in [2.05, 4.69) is 9.47 Å². The van der Waals surface area contributed by atoms with E-state index >= 15 is 0 Å². The van der Waals surface area contributed by atoms with Gasteiger partial charge in [-0.1, -0.05) is 6.42 Å². The molecule has 0 aliphatic rings. The molecular formula is C14H13F5O4. The number of ether oxygens (including phenoxy) is 2. The number of methoxy groups -OCH3 is 1. The van der Waals surface area contributed by atoms with Crippen LogP contribution in [0.1, 0.15) is 32.1 Å². The van der Waals surface area contributed by atoms with Crippen molar-refractivity contribution in [3.63, 3.8) is 0 Å². The zero-order valence-electron chi connectivity index (χ0n) is 12.1. The van der Waals surface area contributed by atoms with Crippen molar-refractivity contribution in [1.82, 2.24) is 0 Å². The lowest BCUT2D eigenvalue weighted by Crippen LogP contribution is -2.13. The molecule has 23 heavy (non-hydrogen) atoms. The molecule has 0 bridgehead atoms. The monoisotopic (exact) mass is 340 g/mol. The fourth-order valence-electron chi connectivity index (χ4n) is 1.66. The summed E-state index contributed by atoms with van der Waals surface area (Å²) in [5.74, 6) is -14.3. The minimum atomic E-state index is -2.33. The Kier molecular flexibility index (Phi) is 6.92. The fraction of sp³-hybridized carbons (Fsp3) is 0.429. The number of esters is 2. The van der Waals surface area contributed by atoms with E-state index in [1.54, 1.807) is 0 Å². The minimum absolute atomic E-state index is 0.142. The molecule has 0 atom stereocenters. The van der Waals surface area contributed by atoms with E-state index in [1.165, 1.54) is 7.11 Å². The van der Waals surface area contributed by atoms with Crippen molar-refractivity contribution in [3.05, 3.63) is 29.1 Å². The second kappa shape index (κ2) is 8.44. The van der Waals surface area contributed by atoms with Gasteiger partial charge in [0.25, 0.3) is 0 Å². The summed E-state index contributed by atoms with van der Waals surface area (Å²) in [4.78, 5) is 22.2. The molecule has 0 aliphatic heterocycles. The van der Waals surface area contributed by atoms with E-state index in [4.69, 9.17) is 0 Å². The van der Waals surface area contributed by atoms with Gasteiger partial charge >= 0.3 is 11.9 Å².